The summed E-state index contributed by atoms with van der Waals surface area (Å²) in [5.41, 5.74) is 1.63. The van der Waals surface area contributed by atoms with Gasteiger partial charge in [-0.15, -0.1) is 0 Å². The largest absolute Gasteiger partial charge is 0.454 e. The lowest BCUT2D eigenvalue weighted by molar-refractivity contribution is -0.165. The molecule has 0 aliphatic rings. The van der Waals surface area contributed by atoms with Crippen molar-refractivity contribution >= 4 is 22.6 Å². The number of aryl methyl sites for hydroxylation is 1. The zero-order chi connectivity index (χ0) is 14.0. The molecule has 0 heterocycles. The topological polar surface area (TPSA) is 17.1 Å². The highest BCUT2D eigenvalue weighted by Gasteiger charge is 2.35. The second kappa shape index (κ2) is 4.88. The first-order chi connectivity index (χ1) is 8.89. The van der Waals surface area contributed by atoms with Gasteiger partial charge in [0.15, 0.2) is 0 Å². The lowest BCUT2D eigenvalue weighted by Gasteiger charge is -2.05. The third-order valence-corrected chi connectivity index (χ3v) is 2.87. The van der Waals surface area contributed by atoms with Gasteiger partial charge in [-0.2, -0.15) is 13.2 Å². The summed E-state index contributed by atoms with van der Waals surface area (Å²) in [7, 11) is 0. The van der Waals surface area contributed by atoms with Gasteiger partial charge in [-0.1, -0.05) is 42.5 Å². The number of hydrogen-bond donors (Lipinski definition) is 0. The summed E-state index contributed by atoms with van der Waals surface area (Å²) in [5, 5.41) is 1.79. The monoisotopic (exact) mass is 264 g/mol. The molecule has 0 fully saturated rings. The third kappa shape index (κ3) is 2.84. The highest BCUT2D eigenvalue weighted by Crippen LogP contribution is 2.24. The Labute approximate surface area is 108 Å². The van der Waals surface area contributed by atoms with Gasteiger partial charge in [-0.25, -0.2) is 0 Å². The normalized spacial score (nSPS) is 12.2. The van der Waals surface area contributed by atoms with Crippen LogP contribution in [0.25, 0.3) is 16.8 Å². The molecule has 98 valence electrons. The van der Waals surface area contributed by atoms with E-state index in [0.29, 0.717) is 11.6 Å². The van der Waals surface area contributed by atoms with E-state index in [9.17, 15) is 18.0 Å². The first-order valence-corrected chi connectivity index (χ1v) is 5.67. The quantitative estimate of drug-likeness (QED) is 0.739. The molecule has 0 saturated carbocycles. The number of benzene rings is 2. The van der Waals surface area contributed by atoms with Gasteiger partial charge in [0.05, 0.1) is 0 Å². The van der Waals surface area contributed by atoms with E-state index in [0.717, 1.165) is 16.3 Å². The van der Waals surface area contributed by atoms with Crippen molar-refractivity contribution < 1.29 is 18.0 Å². The van der Waals surface area contributed by atoms with Gasteiger partial charge in [-0.3, -0.25) is 4.79 Å². The Morgan fingerprint density at radius 1 is 1.05 bits per heavy atom. The summed E-state index contributed by atoms with van der Waals surface area (Å²) in [6.45, 7) is 1.93. The van der Waals surface area contributed by atoms with Crippen molar-refractivity contribution in [2.24, 2.45) is 0 Å². The number of ketones is 1. The number of allylic oxidation sites excluding steroid dienone is 1. The minimum atomic E-state index is -4.82. The SMILES string of the molecule is Cc1ccc(/C=C/C(=O)C(F)(F)F)c2ccccc12. The van der Waals surface area contributed by atoms with Gasteiger partial charge in [0, 0.05) is 0 Å². The second-order valence-corrected chi connectivity index (χ2v) is 4.21. The van der Waals surface area contributed by atoms with Crippen LogP contribution < -0.4 is 0 Å². The molecule has 2 aromatic carbocycles. The van der Waals surface area contributed by atoms with Gasteiger partial charge < -0.3 is 0 Å². The Kier molecular flexibility index (Phi) is 3.42. The average molecular weight is 264 g/mol. The summed E-state index contributed by atoms with van der Waals surface area (Å²) in [5.74, 6) is -1.85. The summed E-state index contributed by atoms with van der Waals surface area (Å²) in [6, 6.07) is 10.9. The van der Waals surface area contributed by atoms with Gasteiger partial charge in [-0.05, 0) is 34.9 Å². The molecule has 1 nitrogen and oxygen atoms in total. The van der Waals surface area contributed by atoms with Crippen molar-refractivity contribution in [1.82, 2.24) is 0 Å². The minimum Gasteiger partial charge on any atom is -0.285 e. The predicted molar refractivity (Wildman–Crippen MR) is 68.8 cm³/mol. The zero-order valence-corrected chi connectivity index (χ0v) is 10.2. The van der Waals surface area contributed by atoms with Crippen LogP contribution in [0.1, 0.15) is 11.1 Å². The van der Waals surface area contributed by atoms with Crippen molar-refractivity contribution in [2.45, 2.75) is 13.1 Å². The van der Waals surface area contributed by atoms with Gasteiger partial charge >= 0.3 is 6.18 Å². The molecule has 0 N–H and O–H groups in total. The zero-order valence-electron chi connectivity index (χ0n) is 10.2. The van der Waals surface area contributed by atoms with E-state index in [2.05, 4.69) is 0 Å². The maximum absolute atomic E-state index is 12.1. The fourth-order valence-corrected chi connectivity index (χ4v) is 1.88. The summed E-state index contributed by atoms with van der Waals surface area (Å²) >= 11 is 0. The highest BCUT2D eigenvalue weighted by atomic mass is 19.4. The van der Waals surface area contributed by atoms with E-state index in [1.165, 1.54) is 6.08 Å². The Morgan fingerprint density at radius 2 is 1.68 bits per heavy atom. The number of halogens is 3. The Balaban J connectivity index is 2.45. The number of rotatable bonds is 2. The lowest BCUT2D eigenvalue weighted by atomic mass is 10.00. The van der Waals surface area contributed by atoms with Crippen LogP contribution in [0, 0.1) is 6.92 Å². The number of carbonyl (C=O) groups excluding carboxylic acids is 1. The third-order valence-electron chi connectivity index (χ3n) is 2.87. The minimum absolute atomic E-state index is 0.567. The van der Waals surface area contributed by atoms with E-state index >= 15 is 0 Å². The van der Waals surface area contributed by atoms with Crippen LogP contribution >= 0.6 is 0 Å². The highest BCUT2D eigenvalue weighted by molar-refractivity contribution is 6.00. The predicted octanol–water partition coefficient (Wildman–Crippen LogP) is 4.29. The van der Waals surface area contributed by atoms with E-state index < -0.39 is 12.0 Å². The van der Waals surface area contributed by atoms with Gasteiger partial charge in [0.1, 0.15) is 0 Å². The van der Waals surface area contributed by atoms with E-state index in [1.807, 2.05) is 37.3 Å². The lowest BCUT2D eigenvalue weighted by Crippen LogP contribution is -2.19. The smallest absolute Gasteiger partial charge is 0.285 e. The number of carbonyl (C=O) groups is 1. The van der Waals surface area contributed by atoms with Gasteiger partial charge in [0.25, 0.3) is 5.78 Å². The molecular weight excluding hydrogens is 253 g/mol. The molecule has 2 aromatic rings. The summed E-state index contributed by atoms with van der Waals surface area (Å²) < 4.78 is 36.4. The summed E-state index contributed by atoms with van der Waals surface area (Å²) in [4.78, 5) is 10.8. The van der Waals surface area contributed by atoms with Crippen molar-refractivity contribution in [2.75, 3.05) is 0 Å². The Morgan fingerprint density at radius 3 is 2.32 bits per heavy atom. The molecule has 0 unspecified atom stereocenters. The van der Waals surface area contributed by atoms with E-state index in [4.69, 9.17) is 0 Å². The fraction of sp³-hybridized carbons (Fsp3) is 0.133. The Bertz CT molecular complexity index is 654. The first-order valence-electron chi connectivity index (χ1n) is 5.67. The van der Waals surface area contributed by atoms with Gasteiger partial charge in [0.2, 0.25) is 0 Å². The molecule has 2 rings (SSSR count). The van der Waals surface area contributed by atoms with Crippen molar-refractivity contribution in [1.29, 1.82) is 0 Å². The molecule has 0 spiro atoms. The van der Waals surface area contributed by atoms with Crippen LogP contribution in [-0.2, 0) is 4.79 Å². The molecular formula is C15H11F3O. The second-order valence-electron chi connectivity index (χ2n) is 4.21. The molecule has 4 heteroatoms. The molecule has 0 aliphatic carbocycles. The molecule has 0 amide bonds. The van der Waals surface area contributed by atoms with Crippen molar-refractivity contribution in [3.63, 3.8) is 0 Å². The van der Waals surface area contributed by atoms with Crippen LogP contribution in [0.4, 0.5) is 13.2 Å². The van der Waals surface area contributed by atoms with Crippen LogP contribution in [0.5, 0.6) is 0 Å². The van der Waals surface area contributed by atoms with Crippen LogP contribution in [0.2, 0.25) is 0 Å². The summed E-state index contributed by atoms with van der Waals surface area (Å²) in [6.07, 6.45) is -3.05. The molecule has 0 aliphatic heterocycles. The number of hydrogen-bond acceptors (Lipinski definition) is 1. The van der Waals surface area contributed by atoms with Crippen LogP contribution in [0.3, 0.4) is 0 Å². The Hall–Kier alpha value is -2.10. The fourth-order valence-electron chi connectivity index (χ4n) is 1.88. The molecule has 0 bridgehead atoms. The maximum Gasteiger partial charge on any atom is 0.454 e. The standard InChI is InChI=1S/C15H11F3O/c1-10-6-7-11(8-9-14(19)15(16,17)18)13-5-3-2-4-12(10)13/h2-9H,1H3/b9-8+. The van der Waals surface area contributed by atoms with E-state index in [1.54, 1.807) is 6.07 Å². The molecule has 0 radical (unpaired) electrons. The average Bonchev–Trinajstić information content (AvgIpc) is 2.37. The molecule has 0 aromatic heterocycles. The number of fused-ring (bicyclic) bond motifs is 1. The van der Waals surface area contributed by atoms with Crippen molar-refractivity contribution in [3.05, 3.63) is 53.6 Å². The first kappa shape index (κ1) is 13.3. The molecule has 19 heavy (non-hydrogen) atoms. The molecule has 0 atom stereocenters. The van der Waals surface area contributed by atoms with Crippen LogP contribution in [0.15, 0.2) is 42.5 Å². The van der Waals surface area contributed by atoms with Crippen LogP contribution in [-0.4, -0.2) is 12.0 Å². The van der Waals surface area contributed by atoms with E-state index in [-0.39, 0.29) is 0 Å². The van der Waals surface area contributed by atoms with Crippen molar-refractivity contribution in [3.8, 4) is 0 Å². The number of alkyl halides is 3. The maximum atomic E-state index is 12.1. The molecule has 0 saturated heterocycles.